The molecule has 3 nitrogen and oxygen atoms in total. The average Bonchev–Trinajstić information content (AvgIpc) is 2.47. The van der Waals surface area contributed by atoms with Crippen LogP contribution in [0.3, 0.4) is 0 Å². The molecule has 0 aliphatic rings. The zero-order valence-electron chi connectivity index (χ0n) is 11.1. The smallest absolute Gasteiger partial charge is 0.257 e. The van der Waals surface area contributed by atoms with Crippen molar-refractivity contribution in [1.29, 1.82) is 0 Å². The van der Waals surface area contributed by atoms with Crippen LogP contribution in [0, 0.1) is 6.92 Å². The Hall–Kier alpha value is -2.68. The standard InChI is InChI=1S/C17H14N2O/c1-12-10-11-13-6-5-9-15(16(13)18-12)17(20)19-14-7-3-2-4-8-14/h2-11H,1H3,(H,19,20). The number of hydrogen-bond donors (Lipinski definition) is 1. The maximum atomic E-state index is 12.4. The summed E-state index contributed by atoms with van der Waals surface area (Å²) in [5, 5.41) is 3.86. The lowest BCUT2D eigenvalue weighted by Crippen LogP contribution is -2.12. The second kappa shape index (κ2) is 5.13. The first-order valence-corrected chi connectivity index (χ1v) is 6.47. The van der Waals surface area contributed by atoms with E-state index in [1.54, 1.807) is 6.07 Å². The van der Waals surface area contributed by atoms with Crippen LogP contribution in [-0.2, 0) is 0 Å². The Morgan fingerprint density at radius 2 is 1.75 bits per heavy atom. The molecule has 0 atom stereocenters. The van der Waals surface area contributed by atoms with Gasteiger partial charge in [0, 0.05) is 16.8 Å². The maximum absolute atomic E-state index is 12.4. The summed E-state index contributed by atoms with van der Waals surface area (Å²) >= 11 is 0. The Kier molecular flexibility index (Phi) is 3.17. The van der Waals surface area contributed by atoms with Crippen molar-refractivity contribution in [1.82, 2.24) is 4.98 Å². The van der Waals surface area contributed by atoms with Crippen LogP contribution in [0.15, 0.2) is 60.7 Å². The Labute approximate surface area is 117 Å². The molecule has 0 fully saturated rings. The molecule has 0 bridgehead atoms. The fraction of sp³-hybridized carbons (Fsp3) is 0.0588. The molecule has 1 aromatic heterocycles. The van der Waals surface area contributed by atoms with Gasteiger partial charge in [-0.15, -0.1) is 0 Å². The molecule has 98 valence electrons. The number of nitrogens with one attached hydrogen (secondary N) is 1. The number of hydrogen-bond acceptors (Lipinski definition) is 2. The highest BCUT2D eigenvalue weighted by molar-refractivity contribution is 6.11. The second-order valence-electron chi connectivity index (χ2n) is 4.65. The summed E-state index contributed by atoms with van der Waals surface area (Å²) in [6, 6.07) is 19.0. The van der Waals surface area contributed by atoms with Gasteiger partial charge >= 0.3 is 0 Å². The van der Waals surface area contributed by atoms with Crippen LogP contribution < -0.4 is 5.32 Å². The fourth-order valence-corrected chi connectivity index (χ4v) is 2.15. The number of pyridine rings is 1. The van der Waals surface area contributed by atoms with Gasteiger partial charge in [0.15, 0.2) is 0 Å². The van der Waals surface area contributed by atoms with Gasteiger partial charge in [0.1, 0.15) is 0 Å². The van der Waals surface area contributed by atoms with Crippen LogP contribution >= 0.6 is 0 Å². The van der Waals surface area contributed by atoms with E-state index in [4.69, 9.17) is 0 Å². The van der Waals surface area contributed by atoms with Gasteiger partial charge in [-0.25, -0.2) is 0 Å². The molecule has 1 heterocycles. The number of amides is 1. The van der Waals surface area contributed by atoms with Crippen LogP contribution in [0.4, 0.5) is 5.69 Å². The zero-order chi connectivity index (χ0) is 13.9. The maximum Gasteiger partial charge on any atom is 0.257 e. The average molecular weight is 262 g/mol. The Balaban J connectivity index is 2.01. The summed E-state index contributed by atoms with van der Waals surface area (Å²) in [7, 11) is 0. The van der Waals surface area contributed by atoms with Gasteiger partial charge in [-0.1, -0.05) is 36.4 Å². The second-order valence-corrected chi connectivity index (χ2v) is 4.65. The van der Waals surface area contributed by atoms with Gasteiger partial charge in [0.05, 0.1) is 11.1 Å². The van der Waals surface area contributed by atoms with Gasteiger partial charge in [-0.3, -0.25) is 9.78 Å². The summed E-state index contributed by atoms with van der Waals surface area (Å²) in [6.45, 7) is 1.92. The molecular formula is C17H14N2O. The summed E-state index contributed by atoms with van der Waals surface area (Å²) in [6.07, 6.45) is 0. The first-order valence-electron chi connectivity index (χ1n) is 6.47. The first-order chi connectivity index (χ1) is 9.74. The lowest BCUT2D eigenvalue weighted by Gasteiger charge is -2.08. The lowest BCUT2D eigenvalue weighted by molar-refractivity contribution is 0.102. The minimum Gasteiger partial charge on any atom is -0.322 e. The number of carbonyl (C=O) groups is 1. The molecule has 0 saturated carbocycles. The highest BCUT2D eigenvalue weighted by Gasteiger charge is 2.11. The predicted molar refractivity (Wildman–Crippen MR) is 80.9 cm³/mol. The van der Waals surface area contributed by atoms with E-state index in [1.807, 2.05) is 61.5 Å². The minimum atomic E-state index is -0.139. The number of aryl methyl sites for hydroxylation is 1. The van der Waals surface area contributed by atoms with E-state index in [0.717, 1.165) is 22.3 Å². The van der Waals surface area contributed by atoms with Gasteiger partial charge in [0.2, 0.25) is 0 Å². The predicted octanol–water partition coefficient (Wildman–Crippen LogP) is 3.80. The third kappa shape index (κ3) is 2.38. The van der Waals surface area contributed by atoms with Crippen molar-refractivity contribution in [3.8, 4) is 0 Å². The van der Waals surface area contributed by atoms with E-state index in [-0.39, 0.29) is 5.91 Å². The van der Waals surface area contributed by atoms with E-state index >= 15 is 0 Å². The summed E-state index contributed by atoms with van der Waals surface area (Å²) in [5.41, 5.74) is 3.01. The molecule has 0 aliphatic heterocycles. The van der Waals surface area contributed by atoms with E-state index in [2.05, 4.69) is 10.3 Å². The van der Waals surface area contributed by atoms with Crippen molar-refractivity contribution >= 4 is 22.5 Å². The van der Waals surface area contributed by atoms with E-state index in [9.17, 15) is 4.79 Å². The van der Waals surface area contributed by atoms with Crippen LogP contribution in [0.2, 0.25) is 0 Å². The quantitative estimate of drug-likeness (QED) is 0.763. The topological polar surface area (TPSA) is 42.0 Å². The van der Waals surface area contributed by atoms with Gasteiger partial charge in [0.25, 0.3) is 5.91 Å². The number of para-hydroxylation sites is 2. The zero-order valence-corrected chi connectivity index (χ0v) is 11.1. The number of aromatic nitrogens is 1. The van der Waals surface area contributed by atoms with Crippen molar-refractivity contribution < 1.29 is 4.79 Å². The van der Waals surface area contributed by atoms with Crippen LogP contribution in [0.5, 0.6) is 0 Å². The van der Waals surface area contributed by atoms with Gasteiger partial charge in [-0.05, 0) is 31.2 Å². The number of carbonyl (C=O) groups excluding carboxylic acids is 1. The molecule has 0 spiro atoms. The Morgan fingerprint density at radius 1 is 0.950 bits per heavy atom. The van der Waals surface area contributed by atoms with E-state index in [0.29, 0.717) is 5.56 Å². The summed E-state index contributed by atoms with van der Waals surface area (Å²) in [4.78, 5) is 16.9. The monoisotopic (exact) mass is 262 g/mol. The molecule has 1 N–H and O–H groups in total. The molecule has 0 aliphatic carbocycles. The minimum absolute atomic E-state index is 0.139. The van der Waals surface area contributed by atoms with E-state index < -0.39 is 0 Å². The van der Waals surface area contributed by atoms with Gasteiger partial charge in [-0.2, -0.15) is 0 Å². The molecule has 3 rings (SSSR count). The molecule has 0 radical (unpaired) electrons. The number of rotatable bonds is 2. The largest absolute Gasteiger partial charge is 0.322 e. The Morgan fingerprint density at radius 3 is 2.55 bits per heavy atom. The summed E-state index contributed by atoms with van der Waals surface area (Å²) < 4.78 is 0. The molecule has 2 aromatic carbocycles. The SMILES string of the molecule is Cc1ccc2cccc(C(=O)Nc3ccccc3)c2n1. The van der Waals surface area contributed by atoms with Crippen molar-refractivity contribution in [2.75, 3.05) is 5.32 Å². The van der Waals surface area contributed by atoms with Crippen LogP contribution in [0.1, 0.15) is 16.1 Å². The highest BCUT2D eigenvalue weighted by Crippen LogP contribution is 2.18. The van der Waals surface area contributed by atoms with Crippen molar-refractivity contribution in [2.45, 2.75) is 6.92 Å². The third-order valence-corrected chi connectivity index (χ3v) is 3.14. The highest BCUT2D eigenvalue weighted by atomic mass is 16.1. The molecule has 0 saturated heterocycles. The van der Waals surface area contributed by atoms with Crippen LogP contribution in [0.25, 0.3) is 10.9 Å². The first kappa shape index (κ1) is 12.4. The summed E-state index contributed by atoms with van der Waals surface area (Å²) in [5.74, 6) is -0.139. The molecule has 20 heavy (non-hydrogen) atoms. The van der Waals surface area contributed by atoms with Gasteiger partial charge < -0.3 is 5.32 Å². The van der Waals surface area contributed by atoms with Crippen molar-refractivity contribution in [3.05, 3.63) is 71.9 Å². The van der Waals surface area contributed by atoms with Crippen molar-refractivity contribution in [3.63, 3.8) is 0 Å². The number of benzene rings is 2. The molecule has 0 unspecified atom stereocenters. The van der Waals surface area contributed by atoms with Crippen LogP contribution in [-0.4, -0.2) is 10.9 Å². The number of nitrogens with zero attached hydrogens (tertiary/aromatic N) is 1. The molecular weight excluding hydrogens is 248 g/mol. The fourth-order valence-electron chi connectivity index (χ4n) is 2.15. The molecule has 3 aromatic rings. The lowest BCUT2D eigenvalue weighted by atomic mass is 10.1. The molecule has 3 heteroatoms. The van der Waals surface area contributed by atoms with E-state index in [1.165, 1.54) is 0 Å². The normalized spacial score (nSPS) is 10.4. The molecule has 1 amide bonds. The van der Waals surface area contributed by atoms with Crippen molar-refractivity contribution in [2.24, 2.45) is 0 Å². The number of fused-ring (bicyclic) bond motifs is 1. The third-order valence-electron chi connectivity index (χ3n) is 3.14. The Bertz CT molecular complexity index is 766. The number of anilines is 1.